The number of furan rings is 1. The van der Waals surface area contributed by atoms with Crippen molar-refractivity contribution in [1.82, 2.24) is 29.5 Å². The molecule has 5 heterocycles. The Bertz CT molecular complexity index is 2810. The standard InChI is InChI=1S/C43H26N6O/c1-4-11-27(12-5-1)41-46-42(28-13-6-2-7-14-28)48-43(47-41)32-17-10-18-39-40(32)34-23-29(19-20-38(34)50-39)35-24-33-31-21-22-44-25-36(31)49(37(33)26-45-35)30-15-8-3-9-16-30/h1-26H. The second-order valence-electron chi connectivity index (χ2n) is 12.2. The number of benzene rings is 5. The van der Waals surface area contributed by atoms with Crippen molar-refractivity contribution in [3.8, 4) is 51.1 Å². The van der Waals surface area contributed by atoms with E-state index in [4.69, 9.17) is 24.4 Å². The zero-order valence-corrected chi connectivity index (χ0v) is 26.6. The van der Waals surface area contributed by atoms with Gasteiger partial charge in [0.25, 0.3) is 0 Å². The fourth-order valence-electron chi connectivity index (χ4n) is 6.88. The van der Waals surface area contributed by atoms with E-state index in [9.17, 15) is 0 Å². The average molecular weight is 643 g/mol. The molecule has 0 radical (unpaired) electrons. The van der Waals surface area contributed by atoms with Crippen LogP contribution in [0.5, 0.6) is 0 Å². The highest BCUT2D eigenvalue weighted by atomic mass is 16.3. The van der Waals surface area contributed by atoms with Crippen molar-refractivity contribution >= 4 is 43.7 Å². The minimum absolute atomic E-state index is 0.582. The van der Waals surface area contributed by atoms with Crippen LogP contribution in [0.2, 0.25) is 0 Å². The molecule has 0 amide bonds. The van der Waals surface area contributed by atoms with Crippen LogP contribution >= 0.6 is 0 Å². The van der Waals surface area contributed by atoms with Gasteiger partial charge in [0.1, 0.15) is 11.2 Å². The van der Waals surface area contributed by atoms with Crippen LogP contribution < -0.4 is 0 Å². The third kappa shape index (κ3) is 4.56. The molecule has 0 bridgehead atoms. The topological polar surface area (TPSA) is 82.5 Å². The molecule has 0 atom stereocenters. The first-order valence-corrected chi connectivity index (χ1v) is 16.4. The maximum atomic E-state index is 6.41. The molecule has 0 aliphatic carbocycles. The van der Waals surface area contributed by atoms with Crippen LogP contribution in [0.15, 0.2) is 163 Å². The Morgan fingerprint density at radius 3 is 1.90 bits per heavy atom. The second kappa shape index (κ2) is 11.3. The average Bonchev–Trinajstić information content (AvgIpc) is 3.74. The zero-order chi connectivity index (χ0) is 33.0. The Kier molecular flexibility index (Phi) is 6.35. The van der Waals surface area contributed by atoms with E-state index in [1.54, 1.807) is 0 Å². The lowest BCUT2D eigenvalue weighted by Crippen LogP contribution is -2.00. The van der Waals surface area contributed by atoms with Crippen molar-refractivity contribution in [1.29, 1.82) is 0 Å². The van der Waals surface area contributed by atoms with Gasteiger partial charge in [-0.15, -0.1) is 0 Å². The number of hydrogen-bond acceptors (Lipinski definition) is 6. The lowest BCUT2D eigenvalue weighted by molar-refractivity contribution is 0.669. The number of rotatable bonds is 5. The van der Waals surface area contributed by atoms with E-state index in [0.29, 0.717) is 17.5 Å². The van der Waals surface area contributed by atoms with Crippen LogP contribution in [0.3, 0.4) is 0 Å². The SMILES string of the molecule is c1ccc(-c2nc(-c3ccccc3)nc(-c3cccc4oc5ccc(-c6cc7c8ccncc8n(-c8ccccc8)c7cn6)cc5c34)n2)cc1. The molecule has 5 aromatic carbocycles. The summed E-state index contributed by atoms with van der Waals surface area (Å²) in [4.78, 5) is 24.4. The van der Waals surface area contributed by atoms with Gasteiger partial charge in [0.2, 0.25) is 0 Å². The Balaban J connectivity index is 1.16. The highest BCUT2D eigenvalue weighted by Gasteiger charge is 2.19. The smallest absolute Gasteiger partial charge is 0.164 e. The fraction of sp³-hybridized carbons (Fsp3) is 0. The van der Waals surface area contributed by atoms with Crippen molar-refractivity contribution < 1.29 is 4.42 Å². The summed E-state index contributed by atoms with van der Waals surface area (Å²) < 4.78 is 8.63. The van der Waals surface area contributed by atoms with Gasteiger partial charge in [-0.2, -0.15) is 0 Å². The van der Waals surface area contributed by atoms with Crippen molar-refractivity contribution in [3.05, 3.63) is 158 Å². The molecule has 0 fully saturated rings. The summed E-state index contributed by atoms with van der Waals surface area (Å²) in [7, 11) is 0. The fourth-order valence-corrected chi connectivity index (χ4v) is 6.88. The first-order chi connectivity index (χ1) is 24.8. The number of pyridine rings is 2. The van der Waals surface area contributed by atoms with Crippen LogP contribution in [-0.4, -0.2) is 29.5 Å². The van der Waals surface area contributed by atoms with E-state index in [2.05, 4.69) is 52.0 Å². The lowest BCUT2D eigenvalue weighted by atomic mass is 10.0. The minimum Gasteiger partial charge on any atom is -0.456 e. The summed E-state index contributed by atoms with van der Waals surface area (Å²) in [5, 5.41) is 4.15. The zero-order valence-electron chi connectivity index (χ0n) is 26.6. The molecule has 0 spiro atoms. The Morgan fingerprint density at radius 1 is 0.480 bits per heavy atom. The van der Waals surface area contributed by atoms with Crippen molar-refractivity contribution in [2.45, 2.75) is 0 Å². The summed E-state index contributed by atoms with van der Waals surface area (Å²) in [5.74, 6) is 1.81. The number of hydrogen-bond donors (Lipinski definition) is 0. The maximum Gasteiger partial charge on any atom is 0.164 e. The number of aromatic nitrogens is 6. The highest BCUT2D eigenvalue weighted by Crippen LogP contribution is 2.39. The van der Waals surface area contributed by atoms with E-state index in [-0.39, 0.29) is 0 Å². The molecule has 0 N–H and O–H groups in total. The quantitative estimate of drug-likeness (QED) is 0.186. The molecule has 50 heavy (non-hydrogen) atoms. The van der Waals surface area contributed by atoms with Gasteiger partial charge in [-0.3, -0.25) is 9.97 Å². The molecule has 7 heteroatoms. The molecule has 0 aliphatic rings. The molecular formula is C43H26N6O. The largest absolute Gasteiger partial charge is 0.456 e. The molecular weight excluding hydrogens is 617 g/mol. The lowest BCUT2D eigenvalue weighted by Gasteiger charge is -2.09. The molecule has 0 aliphatic heterocycles. The summed E-state index contributed by atoms with van der Waals surface area (Å²) in [6.07, 6.45) is 5.72. The molecule has 0 saturated heterocycles. The van der Waals surface area contributed by atoms with Crippen molar-refractivity contribution in [2.24, 2.45) is 0 Å². The van der Waals surface area contributed by atoms with Gasteiger partial charge in [-0.05, 0) is 48.5 Å². The van der Waals surface area contributed by atoms with Gasteiger partial charge < -0.3 is 8.98 Å². The Hall–Kier alpha value is -6.99. The van der Waals surface area contributed by atoms with Crippen LogP contribution in [-0.2, 0) is 0 Å². The van der Waals surface area contributed by atoms with E-state index in [1.165, 1.54) is 0 Å². The number of para-hydroxylation sites is 1. The van der Waals surface area contributed by atoms with Crippen molar-refractivity contribution in [3.63, 3.8) is 0 Å². The van der Waals surface area contributed by atoms with Gasteiger partial charge in [0.05, 0.1) is 29.1 Å². The Labute approximate surface area is 286 Å². The summed E-state index contributed by atoms with van der Waals surface area (Å²) in [5.41, 5.74) is 9.25. The first-order valence-electron chi connectivity index (χ1n) is 16.4. The van der Waals surface area contributed by atoms with E-state index in [0.717, 1.165) is 77.4 Å². The Morgan fingerprint density at radius 2 is 1.16 bits per heavy atom. The van der Waals surface area contributed by atoms with Gasteiger partial charge in [0, 0.05) is 55.7 Å². The predicted molar refractivity (Wildman–Crippen MR) is 199 cm³/mol. The summed E-state index contributed by atoms with van der Waals surface area (Å²) in [6.45, 7) is 0. The summed E-state index contributed by atoms with van der Waals surface area (Å²) in [6, 6.07) is 46.9. The van der Waals surface area contributed by atoms with Gasteiger partial charge in [-0.25, -0.2) is 15.0 Å². The third-order valence-corrected chi connectivity index (χ3v) is 9.20. The second-order valence-corrected chi connectivity index (χ2v) is 12.2. The first kappa shape index (κ1) is 28.1. The minimum atomic E-state index is 0.582. The van der Waals surface area contributed by atoms with E-state index >= 15 is 0 Å². The molecule has 7 nitrogen and oxygen atoms in total. The maximum absolute atomic E-state index is 6.41. The molecule has 0 saturated carbocycles. The number of fused-ring (bicyclic) bond motifs is 6. The van der Waals surface area contributed by atoms with Crippen LogP contribution in [0.4, 0.5) is 0 Å². The molecule has 10 aromatic rings. The van der Waals surface area contributed by atoms with Gasteiger partial charge >= 0.3 is 0 Å². The van der Waals surface area contributed by atoms with E-state index < -0.39 is 0 Å². The van der Waals surface area contributed by atoms with Gasteiger partial charge in [0.15, 0.2) is 17.5 Å². The molecule has 10 rings (SSSR count). The monoisotopic (exact) mass is 642 g/mol. The highest BCUT2D eigenvalue weighted by molar-refractivity contribution is 6.13. The van der Waals surface area contributed by atoms with Crippen LogP contribution in [0.1, 0.15) is 0 Å². The van der Waals surface area contributed by atoms with Crippen LogP contribution in [0.25, 0.3) is 94.9 Å². The van der Waals surface area contributed by atoms with E-state index in [1.807, 2.05) is 116 Å². The third-order valence-electron chi connectivity index (χ3n) is 9.20. The number of nitrogens with zero attached hydrogens (tertiary/aromatic N) is 6. The summed E-state index contributed by atoms with van der Waals surface area (Å²) >= 11 is 0. The predicted octanol–water partition coefficient (Wildman–Crippen LogP) is 10.3. The van der Waals surface area contributed by atoms with Crippen molar-refractivity contribution in [2.75, 3.05) is 0 Å². The van der Waals surface area contributed by atoms with Gasteiger partial charge in [-0.1, -0.05) is 91.0 Å². The molecule has 5 aromatic heterocycles. The normalized spacial score (nSPS) is 11.6. The molecule has 0 unspecified atom stereocenters. The molecule has 234 valence electrons. The van der Waals surface area contributed by atoms with Crippen LogP contribution in [0, 0.1) is 0 Å².